The average Bonchev–Trinajstić information content (AvgIpc) is 2.66. The fraction of sp³-hybridized carbons (Fsp3) is 0.261. The SMILES string of the molecule is CC(C)Oc1ccc(CNCc2ccc(Cn3ccccc3=O)cc2)cc1. The highest BCUT2D eigenvalue weighted by molar-refractivity contribution is 5.27. The Labute approximate surface area is 160 Å². The van der Waals surface area contributed by atoms with E-state index in [9.17, 15) is 4.79 Å². The lowest BCUT2D eigenvalue weighted by molar-refractivity contribution is 0.242. The predicted molar refractivity (Wildman–Crippen MR) is 109 cm³/mol. The van der Waals surface area contributed by atoms with Gasteiger partial charge in [0.1, 0.15) is 5.75 Å². The maximum atomic E-state index is 11.8. The standard InChI is InChI=1S/C23H26N2O2/c1-18(2)27-22-12-10-20(11-13-22)16-24-15-19-6-8-21(9-7-19)17-25-14-4-3-5-23(25)26/h3-14,18,24H,15-17H2,1-2H3. The first-order valence-corrected chi connectivity index (χ1v) is 9.30. The Bertz CT molecular complexity index is 897. The average molecular weight is 362 g/mol. The molecular weight excluding hydrogens is 336 g/mol. The van der Waals surface area contributed by atoms with Crippen molar-refractivity contribution in [3.63, 3.8) is 0 Å². The second-order valence-corrected chi connectivity index (χ2v) is 6.90. The molecule has 0 saturated carbocycles. The van der Waals surface area contributed by atoms with Gasteiger partial charge in [-0.3, -0.25) is 4.79 Å². The summed E-state index contributed by atoms with van der Waals surface area (Å²) in [5, 5.41) is 3.46. The van der Waals surface area contributed by atoms with Crippen LogP contribution in [-0.2, 0) is 19.6 Å². The zero-order valence-corrected chi connectivity index (χ0v) is 15.9. The summed E-state index contributed by atoms with van der Waals surface area (Å²) >= 11 is 0. The molecule has 4 heteroatoms. The number of aromatic nitrogens is 1. The van der Waals surface area contributed by atoms with Gasteiger partial charge in [0.2, 0.25) is 0 Å². The van der Waals surface area contributed by atoms with Crippen LogP contribution in [0.3, 0.4) is 0 Å². The van der Waals surface area contributed by atoms with Crippen molar-refractivity contribution >= 4 is 0 Å². The summed E-state index contributed by atoms with van der Waals surface area (Å²) in [7, 11) is 0. The molecule has 4 nitrogen and oxygen atoms in total. The van der Waals surface area contributed by atoms with Crippen LogP contribution in [0.5, 0.6) is 5.75 Å². The Morgan fingerprint density at radius 1 is 0.852 bits per heavy atom. The molecule has 3 aromatic rings. The van der Waals surface area contributed by atoms with E-state index in [-0.39, 0.29) is 11.7 Å². The molecule has 140 valence electrons. The van der Waals surface area contributed by atoms with Gasteiger partial charge < -0.3 is 14.6 Å². The zero-order valence-electron chi connectivity index (χ0n) is 15.9. The van der Waals surface area contributed by atoms with E-state index in [1.54, 1.807) is 16.7 Å². The third kappa shape index (κ3) is 5.83. The molecule has 0 radical (unpaired) electrons. The largest absolute Gasteiger partial charge is 0.491 e. The summed E-state index contributed by atoms with van der Waals surface area (Å²) in [6, 6.07) is 21.8. The van der Waals surface area contributed by atoms with Gasteiger partial charge in [-0.05, 0) is 48.7 Å². The van der Waals surface area contributed by atoms with Crippen LogP contribution in [0.1, 0.15) is 30.5 Å². The quantitative estimate of drug-likeness (QED) is 0.659. The number of nitrogens with zero attached hydrogens (tertiary/aromatic N) is 1. The van der Waals surface area contributed by atoms with E-state index in [1.165, 1.54) is 11.1 Å². The van der Waals surface area contributed by atoms with Crippen molar-refractivity contribution in [1.82, 2.24) is 9.88 Å². The summed E-state index contributed by atoms with van der Waals surface area (Å²) in [6.45, 7) is 6.26. The third-order valence-electron chi connectivity index (χ3n) is 4.23. The molecule has 3 rings (SSSR count). The summed E-state index contributed by atoms with van der Waals surface area (Å²) in [5.41, 5.74) is 3.59. The molecule has 0 aliphatic carbocycles. The molecule has 0 amide bonds. The third-order valence-corrected chi connectivity index (χ3v) is 4.23. The van der Waals surface area contributed by atoms with Crippen molar-refractivity contribution in [3.8, 4) is 5.75 Å². The lowest BCUT2D eigenvalue weighted by Crippen LogP contribution is -2.18. The van der Waals surface area contributed by atoms with Gasteiger partial charge in [0.15, 0.2) is 0 Å². The molecule has 0 atom stereocenters. The van der Waals surface area contributed by atoms with E-state index in [0.717, 1.165) is 24.4 Å². The van der Waals surface area contributed by atoms with Crippen molar-refractivity contribution in [1.29, 1.82) is 0 Å². The maximum absolute atomic E-state index is 11.8. The van der Waals surface area contributed by atoms with E-state index < -0.39 is 0 Å². The molecule has 0 unspecified atom stereocenters. The van der Waals surface area contributed by atoms with E-state index in [0.29, 0.717) is 6.54 Å². The van der Waals surface area contributed by atoms with Crippen LogP contribution in [0.2, 0.25) is 0 Å². The minimum atomic E-state index is 0.0213. The van der Waals surface area contributed by atoms with Gasteiger partial charge >= 0.3 is 0 Å². The molecule has 0 spiro atoms. The summed E-state index contributed by atoms with van der Waals surface area (Å²) in [4.78, 5) is 11.8. The van der Waals surface area contributed by atoms with Crippen LogP contribution >= 0.6 is 0 Å². The van der Waals surface area contributed by atoms with Gasteiger partial charge in [-0.1, -0.05) is 42.5 Å². The Hall–Kier alpha value is -2.85. The van der Waals surface area contributed by atoms with Crippen molar-refractivity contribution in [3.05, 3.63) is 100.0 Å². The first-order valence-electron chi connectivity index (χ1n) is 9.30. The van der Waals surface area contributed by atoms with Gasteiger partial charge in [0.05, 0.1) is 12.6 Å². The van der Waals surface area contributed by atoms with E-state index in [2.05, 4.69) is 41.7 Å². The van der Waals surface area contributed by atoms with Crippen molar-refractivity contribution < 1.29 is 4.74 Å². The first kappa shape index (κ1) is 18.9. The number of pyridine rings is 1. The number of rotatable bonds is 8. The van der Waals surface area contributed by atoms with Gasteiger partial charge in [0.25, 0.3) is 5.56 Å². The smallest absolute Gasteiger partial charge is 0.250 e. The van der Waals surface area contributed by atoms with Crippen LogP contribution < -0.4 is 15.6 Å². The molecule has 0 bridgehead atoms. The Morgan fingerprint density at radius 2 is 1.44 bits per heavy atom. The van der Waals surface area contributed by atoms with Crippen LogP contribution in [0.25, 0.3) is 0 Å². The molecule has 2 aromatic carbocycles. The van der Waals surface area contributed by atoms with Crippen molar-refractivity contribution in [2.24, 2.45) is 0 Å². The zero-order chi connectivity index (χ0) is 19.1. The fourth-order valence-corrected chi connectivity index (χ4v) is 2.86. The molecule has 0 aliphatic rings. The van der Waals surface area contributed by atoms with E-state index in [4.69, 9.17) is 4.74 Å². The molecule has 0 aliphatic heterocycles. The second-order valence-electron chi connectivity index (χ2n) is 6.90. The summed E-state index contributed by atoms with van der Waals surface area (Å²) < 4.78 is 7.37. The highest BCUT2D eigenvalue weighted by Gasteiger charge is 2.00. The van der Waals surface area contributed by atoms with Gasteiger partial charge in [0, 0.05) is 25.4 Å². The predicted octanol–water partition coefficient (Wildman–Crippen LogP) is 3.97. The molecule has 1 aromatic heterocycles. The highest BCUT2D eigenvalue weighted by atomic mass is 16.5. The summed E-state index contributed by atoms with van der Waals surface area (Å²) in [6.07, 6.45) is 2.01. The van der Waals surface area contributed by atoms with Gasteiger partial charge in [-0.2, -0.15) is 0 Å². The molecular formula is C23H26N2O2. The Morgan fingerprint density at radius 3 is 2.04 bits per heavy atom. The fourth-order valence-electron chi connectivity index (χ4n) is 2.86. The second kappa shape index (κ2) is 9.19. The summed E-state index contributed by atoms with van der Waals surface area (Å²) in [5.74, 6) is 0.905. The number of benzene rings is 2. The van der Waals surface area contributed by atoms with Crippen LogP contribution in [-0.4, -0.2) is 10.7 Å². The Balaban J connectivity index is 1.49. The minimum Gasteiger partial charge on any atom is -0.491 e. The number of hydrogen-bond acceptors (Lipinski definition) is 3. The lowest BCUT2D eigenvalue weighted by atomic mass is 10.1. The van der Waals surface area contributed by atoms with Crippen LogP contribution in [0.15, 0.2) is 77.7 Å². The van der Waals surface area contributed by atoms with Crippen LogP contribution in [0, 0.1) is 0 Å². The monoisotopic (exact) mass is 362 g/mol. The Kier molecular flexibility index (Phi) is 6.44. The molecule has 1 heterocycles. The van der Waals surface area contributed by atoms with Gasteiger partial charge in [-0.25, -0.2) is 0 Å². The van der Waals surface area contributed by atoms with Gasteiger partial charge in [-0.15, -0.1) is 0 Å². The maximum Gasteiger partial charge on any atom is 0.250 e. The van der Waals surface area contributed by atoms with Crippen molar-refractivity contribution in [2.45, 2.75) is 39.6 Å². The van der Waals surface area contributed by atoms with E-state index in [1.807, 2.05) is 38.2 Å². The number of nitrogens with one attached hydrogen (secondary N) is 1. The van der Waals surface area contributed by atoms with Crippen molar-refractivity contribution in [2.75, 3.05) is 0 Å². The first-order chi connectivity index (χ1) is 13.1. The number of ether oxygens (including phenoxy) is 1. The topological polar surface area (TPSA) is 43.3 Å². The minimum absolute atomic E-state index is 0.0213. The van der Waals surface area contributed by atoms with Crippen LogP contribution in [0.4, 0.5) is 0 Å². The van der Waals surface area contributed by atoms with E-state index >= 15 is 0 Å². The molecule has 0 saturated heterocycles. The molecule has 1 N–H and O–H groups in total. The number of hydrogen-bond donors (Lipinski definition) is 1. The molecule has 0 fully saturated rings. The highest BCUT2D eigenvalue weighted by Crippen LogP contribution is 2.14. The lowest BCUT2D eigenvalue weighted by Gasteiger charge is -2.11. The molecule has 27 heavy (non-hydrogen) atoms. The normalized spacial score (nSPS) is 10.9.